The molecule has 3 heterocycles. The van der Waals surface area contributed by atoms with Crippen molar-refractivity contribution >= 4 is 5.97 Å². The highest BCUT2D eigenvalue weighted by Crippen LogP contribution is 2.46. The predicted molar refractivity (Wildman–Crippen MR) is 70.4 cm³/mol. The van der Waals surface area contributed by atoms with E-state index in [-0.39, 0.29) is 12.5 Å². The Morgan fingerprint density at radius 1 is 1.45 bits per heavy atom. The molecule has 2 N–H and O–H groups in total. The summed E-state index contributed by atoms with van der Waals surface area (Å²) in [7, 11) is 0. The Kier molecular flexibility index (Phi) is 3.04. The number of fused-ring (bicyclic) bond motifs is 3. The molecule has 0 spiro atoms. The van der Waals surface area contributed by atoms with Gasteiger partial charge in [-0.15, -0.1) is 0 Å². The van der Waals surface area contributed by atoms with E-state index < -0.39 is 17.4 Å². The van der Waals surface area contributed by atoms with Gasteiger partial charge in [0.25, 0.3) is 0 Å². The summed E-state index contributed by atoms with van der Waals surface area (Å²) in [6.45, 7) is 3.52. The predicted octanol–water partition coefficient (Wildman–Crippen LogP) is 1.40. The average Bonchev–Trinajstić information content (AvgIpc) is 2.85. The maximum Gasteiger partial charge on any atom is 0.342 e. The molecule has 3 aliphatic heterocycles. The Bertz CT molecular complexity index is 520. The van der Waals surface area contributed by atoms with Crippen LogP contribution in [-0.4, -0.2) is 34.2 Å². The minimum atomic E-state index is -1.12. The van der Waals surface area contributed by atoms with E-state index in [1.54, 1.807) is 6.08 Å². The lowest BCUT2D eigenvalue weighted by atomic mass is 9.87. The lowest BCUT2D eigenvalue weighted by molar-refractivity contribution is -0.236. The van der Waals surface area contributed by atoms with Gasteiger partial charge in [-0.25, -0.2) is 4.79 Å². The third kappa shape index (κ3) is 2.01. The van der Waals surface area contributed by atoms with Crippen LogP contribution in [-0.2, 0) is 14.3 Å². The molecule has 2 bridgehead atoms. The largest absolute Gasteiger partial charge is 0.423 e. The minimum absolute atomic E-state index is 0.0415. The minimum Gasteiger partial charge on any atom is -0.423 e. The molecule has 5 nitrogen and oxygen atoms in total. The number of rotatable bonds is 1. The van der Waals surface area contributed by atoms with E-state index in [1.165, 1.54) is 0 Å². The van der Waals surface area contributed by atoms with Crippen molar-refractivity contribution in [2.75, 3.05) is 6.61 Å². The molecule has 3 aliphatic rings. The first-order valence-electron chi connectivity index (χ1n) is 7.08. The maximum absolute atomic E-state index is 11.8. The summed E-state index contributed by atoms with van der Waals surface area (Å²) in [5.41, 5.74) is 0.446. The molecule has 0 amide bonds. The molecule has 3 atom stereocenters. The maximum atomic E-state index is 11.8. The number of hydrogen-bond donors (Lipinski definition) is 2. The van der Waals surface area contributed by atoms with Crippen LogP contribution < -0.4 is 0 Å². The molecule has 0 unspecified atom stereocenters. The molecule has 0 aliphatic carbocycles. The normalized spacial score (nSPS) is 43.3. The first kappa shape index (κ1) is 13.8. The third-order valence-corrected chi connectivity index (χ3v) is 4.69. The number of carbonyl (C=O) groups excluding carboxylic acids is 1. The zero-order valence-electron chi connectivity index (χ0n) is 11.8. The van der Waals surface area contributed by atoms with Crippen molar-refractivity contribution in [2.45, 2.75) is 50.9 Å². The van der Waals surface area contributed by atoms with Crippen molar-refractivity contribution < 1.29 is 24.5 Å². The summed E-state index contributed by atoms with van der Waals surface area (Å²) in [5, 5.41) is 20.0. The Balaban J connectivity index is 2.06. The van der Waals surface area contributed by atoms with Crippen LogP contribution in [0.3, 0.4) is 0 Å². The van der Waals surface area contributed by atoms with Crippen molar-refractivity contribution in [1.82, 2.24) is 0 Å². The van der Waals surface area contributed by atoms with Crippen molar-refractivity contribution in [3.63, 3.8) is 0 Å². The first-order valence-corrected chi connectivity index (χ1v) is 7.08. The van der Waals surface area contributed by atoms with Gasteiger partial charge in [0.2, 0.25) is 0 Å². The number of carbonyl (C=O) groups is 1. The fraction of sp³-hybridized carbons (Fsp3) is 0.667. The molecule has 0 saturated carbocycles. The molecule has 5 heteroatoms. The van der Waals surface area contributed by atoms with Crippen molar-refractivity contribution in [1.29, 1.82) is 0 Å². The van der Waals surface area contributed by atoms with Gasteiger partial charge in [0.05, 0.1) is 17.8 Å². The van der Waals surface area contributed by atoms with E-state index in [1.807, 2.05) is 13.8 Å². The van der Waals surface area contributed by atoms with Crippen LogP contribution >= 0.6 is 0 Å². The lowest BCUT2D eigenvalue weighted by Crippen LogP contribution is -2.38. The van der Waals surface area contributed by atoms with Crippen LogP contribution in [0.5, 0.6) is 0 Å². The van der Waals surface area contributed by atoms with Crippen LogP contribution in [0.15, 0.2) is 23.0 Å². The van der Waals surface area contributed by atoms with Gasteiger partial charge in [0, 0.05) is 17.9 Å². The number of aliphatic hydroxyl groups excluding tert-OH is 1. The second kappa shape index (κ2) is 4.41. The van der Waals surface area contributed by atoms with Crippen LogP contribution in [0.2, 0.25) is 0 Å². The average molecular weight is 280 g/mol. The zero-order chi connectivity index (χ0) is 14.5. The zero-order valence-corrected chi connectivity index (χ0v) is 11.8. The van der Waals surface area contributed by atoms with Gasteiger partial charge in [-0.2, -0.15) is 0 Å². The van der Waals surface area contributed by atoms with Gasteiger partial charge in [0.1, 0.15) is 5.76 Å². The van der Waals surface area contributed by atoms with E-state index in [4.69, 9.17) is 9.47 Å². The Morgan fingerprint density at radius 3 is 2.90 bits per heavy atom. The monoisotopic (exact) mass is 280 g/mol. The van der Waals surface area contributed by atoms with Gasteiger partial charge in [-0.05, 0) is 32.3 Å². The van der Waals surface area contributed by atoms with Crippen molar-refractivity contribution in [2.24, 2.45) is 5.92 Å². The second-order valence-electron chi connectivity index (χ2n) is 6.21. The molecule has 1 saturated heterocycles. The van der Waals surface area contributed by atoms with Gasteiger partial charge in [-0.3, -0.25) is 0 Å². The van der Waals surface area contributed by atoms with Crippen LogP contribution in [0.25, 0.3) is 0 Å². The van der Waals surface area contributed by atoms with E-state index in [2.05, 4.69) is 0 Å². The summed E-state index contributed by atoms with van der Waals surface area (Å²) >= 11 is 0. The summed E-state index contributed by atoms with van der Waals surface area (Å²) in [4.78, 5) is 11.8. The van der Waals surface area contributed by atoms with E-state index >= 15 is 0 Å². The highest BCUT2D eigenvalue weighted by Gasteiger charge is 2.49. The number of hydrogen-bond acceptors (Lipinski definition) is 5. The number of esters is 1. The van der Waals surface area contributed by atoms with E-state index in [0.29, 0.717) is 37.0 Å². The fourth-order valence-electron chi connectivity index (χ4n) is 3.29. The number of ether oxygens (including phenoxy) is 2. The summed E-state index contributed by atoms with van der Waals surface area (Å²) in [5.74, 6) is -1.15. The smallest absolute Gasteiger partial charge is 0.342 e. The highest BCUT2D eigenvalue weighted by molar-refractivity contribution is 5.94. The van der Waals surface area contributed by atoms with Crippen molar-refractivity contribution in [3.8, 4) is 0 Å². The molecule has 110 valence electrons. The van der Waals surface area contributed by atoms with Gasteiger partial charge in [0.15, 0.2) is 5.79 Å². The fourth-order valence-corrected chi connectivity index (χ4v) is 3.29. The SMILES string of the molecule is C[C@@H]1CCC2=C(CO)C(=O)O/C2=C/[C@@]2(C)CC[C@]1(O)O2. The Labute approximate surface area is 117 Å². The molecular weight excluding hydrogens is 260 g/mol. The van der Waals surface area contributed by atoms with Gasteiger partial charge < -0.3 is 19.7 Å². The van der Waals surface area contributed by atoms with Crippen LogP contribution in [0, 0.1) is 5.92 Å². The number of aliphatic hydroxyl groups is 2. The topological polar surface area (TPSA) is 76.0 Å². The highest BCUT2D eigenvalue weighted by atomic mass is 16.6. The summed E-state index contributed by atoms with van der Waals surface area (Å²) in [6, 6.07) is 0. The third-order valence-electron chi connectivity index (χ3n) is 4.69. The number of allylic oxidation sites excluding steroid dienone is 1. The Hall–Kier alpha value is -1.17. The van der Waals surface area contributed by atoms with Gasteiger partial charge >= 0.3 is 5.97 Å². The molecule has 20 heavy (non-hydrogen) atoms. The molecule has 3 rings (SSSR count). The standard InChI is InChI=1S/C15H20O5/c1-9-3-4-10-11(8-16)13(17)19-12(10)7-14(2)5-6-15(9,18)20-14/h7,9,16,18H,3-6,8H2,1-2H3/b12-7+/t9-,14-,15+/m1/s1. The van der Waals surface area contributed by atoms with Crippen molar-refractivity contribution in [3.05, 3.63) is 23.0 Å². The first-order chi connectivity index (χ1) is 9.37. The molecule has 0 aromatic heterocycles. The quantitative estimate of drug-likeness (QED) is 0.710. The molecule has 0 radical (unpaired) electrons. The van der Waals surface area contributed by atoms with E-state index in [9.17, 15) is 15.0 Å². The molecule has 0 aromatic rings. The Morgan fingerprint density at radius 2 is 2.20 bits per heavy atom. The molecular formula is C15H20O5. The van der Waals surface area contributed by atoms with Crippen LogP contribution in [0.1, 0.15) is 39.5 Å². The molecule has 1 fully saturated rings. The molecule has 0 aromatic carbocycles. The van der Waals surface area contributed by atoms with Gasteiger partial charge in [-0.1, -0.05) is 6.92 Å². The summed E-state index contributed by atoms with van der Waals surface area (Å²) in [6.07, 6.45) is 4.31. The summed E-state index contributed by atoms with van der Waals surface area (Å²) < 4.78 is 11.2. The van der Waals surface area contributed by atoms with E-state index in [0.717, 1.165) is 5.57 Å². The van der Waals surface area contributed by atoms with Crippen LogP contribution in [0.4, 0.5) is 0 Å². The second-order valence-corrected chi connectivity index (χ2v) is 6.21. The lowest BCUT2D eigenvalue weighted by Gasteiger charge is -2.31.